The van der Waals surface area contributed by atoms with Gasteiger partial charge in [-0.05, 0) is 54.7 Å². The van der Waals surface area contributed by atoms with Gasteiger partial charge in [-0.2, -0.15) is 0 Å². The Kier molecular flexibility index (Phi) is 7.08. The van der Waals surface area contributed by atoms with Crippen molar-refractivity contribution in [3.63, 3.8) is 0 Å². The minimum atomic E-state index is -0.554. The van der Waals surface area contributed by atoms with Crippen LogP contribution in [0.15, 0.2) is 52.3 Å². The standard InChI is InChI=1S/C19H20FN5O3S2/c1-11(26)23-12-2-5-15(6-3-12)30-17-7-4-13(8-16(17)20)25-10-14(28-19(25)27)9-22-18(29)24-21/h2-8,14H,9-10,21H2,1H3,(H,23,26)(H2,22,24,29)/t14-/m0/s1. The summed E-state index contributed by atoms with van der Waals surface area (Å²) in [7, 11) is 0. The van der Waals surface area contributed by atoms with Crippen molar-refractivity contribution in [2.45, 2.75) is 22.8 Å². The van der Waals surface area contributed by atoms with E-state index in [1.807, 2.05) is 0 Å². The fraction of sp³-hybridized carbons (Fsp3) is 0.211. The van der Waals surface area contributed by atoms with Crippen molar-refractivity contribution in [3.8, 4) is 0 Å². The molecule has 0 aliphatic carbocycles. The summed E-state index contributed by atoms with van der Waals surface area (Å²) in [5.74, 6) is 4.57. The highest BCUT2D eigenvalue weighted by Gasteiger charge is 2.32. The summed E-state index contributed by atoms with van der Waals surface area (Å²) in [5, 5.41) is 5.74. The topological polar surface area (TPSA) is 109 Å². The highest BCUT2D eigenvalue weighted by molar-refractivity contribution is 7.99. The number of hydrogen-bond donors (Lipinski definition) is 4. The summed E-state index contributed by atoms with van der Waals surface area (Å²) >= 11 is 6.12. The average molecular weight is 450 g/mol. The molecule has 1 aliphatic rings. The largest absolute Gasteiger partial charge is 0.442 e. The molecule has 8 nitrogen and oxygen atoms in total. The number of benzene rings is 2. The van der Waals surface area contributed by atoms with Crippen LogP contribution in [-0.2, 0) is 9.53 Å². The lowest BCUT2D eigenvalue weighted by atomic mass is 10.2. The van der Waals surface area contributed by atoms with Crippen LogP contribution in [0.2, 0.25) is 0 Å². The predicted molar refractivity (Wildman–Crippen MR) is 117 cm³/mol. The summed E-state index contributed by atoms with van der Waals surface area (Å²) in [6.07, 6.45) is -0.996. The van der Waals surface area contributed by atoms with Gasteiger partial charge >= 0.3 is 6.09 Å². The highest BCUT2D eigenvalue weighted by atomic mass is 32.2. The molecule has 0 aromatic heterocycles. The van der Waals surface area contributed by atoms with Gasteiger partial charge in [0.2, 0.25) is 5.91 Å². The maximum Gasteiger partial charge on any atom is 0.414 e. The van der Waals surface area contributed by atoms with Crippen LogP contribution < -0.4 is 26.8 Å². The molecule has 1 heterocycles. The van der Waals surface area contributed by atoms with Gasteiger partial charge in [-0.15, -0.1) is 0 Å². The van der Waals surface area contributed by atoms with Crippen LogP contribution in [0, 0.1) is 5.82 Å². The van der Waals surface area contributed by atoms with Crippen molar-refractivity contribution in [1.82, 2.24) is 10.7 Å². The predicted octanol–water partition coefficient (Wildman–Crippen LogP) is 2.60. The Morgan fingerprint density at radius 1 is 1.33 bits per heavy atom. The third-order valence-corrected chi connectivity index (χ3v) is 5.45. The van der Waals surface area contributed by atoms with E-state index in [2.05, 4.69) is 16.1 Å². The number of nitrogens with one attached hydrogen (secondary N) is 3. The second kappa shape index (κ2) is 9.74. The van der Waals surface area contributed by atoms with Gasteiger partial charge in [0.15, 0.2) is 5.11 Å². The Morgan fingerprint density at radius 3 is 2.70 bits per heavy atom. The maximum atomic E-state index is 14.7. The third-order valence-electron chi connectivity index (χ3n) is 4.13. The molecule has 1 fully saturated rings. The number of amides is 2. The van der Waals surface area contributed by atoms with Crippen molar-refractivity contribution in [2.75, 3.05) is 23.3 Å². The molecule has 1 atom stereocenters. The molecule has 5 N–H and O–H groups in total. The highest BCUT2D eigenvalue weighted by Crippen LogP contribution is 2.33. The lowest BCUT2D eigenvalue weighted by molar-refractivity contribution is -0.114. The van der Waals surface area contributed by atoms with Crippen LogP contribution >= 0.6 is 24.0 Å². The molecular weight excluding hydrogens is 429 g/mol. The second-order valence-electron chi connectivity index (χ2n) is 6.39. The Hall–Kier alpha value is -2.89. The molecule has 2 aromatic rings. The number of carbonyl (C=O) groups is 2. The number of ether oxygens (including phenoxy) is 1. The molecule has 30 heavy (non-hydrogen) atoms. The summed E-state index contributed by atoms with van der Waals surface area (Å²) < 4.78 is 19.9. The summed E-state index contributed by atoms with van der Waals surface area (Å²) in [4.78, 5) is 25.8. The number of nitrogens with two attached hydrogens (primary N) is 1. The SMILES string of the molecule is CC(=O)Nc1ccc(Sc2ccc(N3C[C@H](CNC(=S)NN)OC3=O)cc2F)cc1. The molecule has 2 aromatic carbocycles. The first-order chi connectivity index (χ1) is 14.4. The zero-order valence-corrected chi connectivity index (χ0v) is 17.6. The number of rotatable bonds is 6. The van der Waals surface area contributed by atoms with E-state index < -0.39 is 18.0 Å². The molecule has 0 spiro atoms. The number of cyclic esters (lactones) is 1. The molecule has 0 radical (unpaired) electrons. The number of thiocarbonyl (C=S) groups is 1. The zero-order valence-electron chi connectivity index (χ0n) is 16.0. The molecule has 11 heteroatoms. The van der Waals surface area contributed by atoms with Crippen molar-refractivity contribution in [2.24, 2.45) is 5.84 Å². The molecule has 2 amide bonds. The van der Waals surface area contributed by atoms with E-state index in [0.717, 1.165) is 4.90 Å². The van der Waals surface area contributed by atoms with Crippen molar-refractivity contribution in [1.29, 1.82) is 0 Å². The first-order valence-corrected chi connectivity index (χ1v) is 10.2. The van der Waals surface area contributed by atoms with Gasteiger partial charge in [-0.3, -0.25) is 9.69 Å². The average Bonchev–Trinajstić information content (AvgIpc) is 3.09. The number of hydrazine groups is 1. The Bertz CT molecular complexity index is 958. The van der Waals surface area contributed by atoms with Gasteiger partial charge in [-0.1, -0.05) is 11.8 Å². The fourth-order valence-electron chi connectivity index (χ4n) is 2.77. The lowest BCUT2D eigenvalue weighted by Crippen LogP contribution is -2.43. The van der Waals surface area contributed by atoms with E-state index in [1.54, 1.807) is 36.4 Å². The molecule has 0 saturated carbocycles. The van der Waals surface area contributed by atoms with Gasteiger partial charge in [0.25, 0.3) is 0 Å². The molecular formula is C19H20FN5O3S2. The molecule has 3 rings (SSSR count). The van der Waals surface area contributed by atoms with E-state index in [0.29, 0.717) is 16.3 Å². The molecule has 0 unspecified atom stereocenters. The summed E-state index contributed by atoms with van der Waals surface area (Å²) in [5.41, 5.74) is 3.36. The van der Waals surface area contributed by atoms with E-state index >= 15 is 0 Å². The smallest absolute Gasteiger partial charge is 0.414 e. The van der Waals surface area contributed by atoms with Crippen LogP contribution in [0.1, 0.15) is 6.92 Å². The minimum Gasteiger partial charge on any atom is -0.442 e. The number of anilines is 2. The van der Waals surface area contributed by atoms with Gasteiger partial charge in [0.05, 0.1) is 18.8 Å². The Labute approximate surface area is 182 Å². The summed E-state index contributed by atoms with van der Waals surface area (Å²) in [6, 6.07) is 11.7. The number of halogens is 1. The van der Waals surface area contributed by atoms with Gasteiger partial charge < -0.3 is 20.8 Å². The van der Waals surface area contributed by atoms with E-state index in [-0.39, 0.29) is 24.1 Å². The second-order valence-corrected chi connectivity index (χ2v) is 7.92. The van der Waals surface area contributed by atoms with Crippen LogP contribution in [-0.4, -0.2) is 36.3 Å². The van der Waals surface area contributed by atoms with Crippen molar-refractivity contribution < 1.29 is 18.7 Å². The lowest BCUT2D eigenvalue weighted by Gasteiger charge is -2.14. The maximum absolute atomic E-state index is 14.7. The molecule has 0 bridgehead atoms. The van der Waals surface area contributed by atoms with E-state index in [4.69, 9.17) is 22.8 Å². The molecule has 1 saturated heterocycles. The summed E-state index contributed by atoms with van der Waals surface area (Å²) in [6.45, 7) is 1.98. The minimum absolute atomic E-state index is 0.158. The first kappa shape index (κ1) is 21.8. The van der Waals surface area contributed by atoms with Gasteiger partial charge in [0.1, 0.15) is 11.9 Å². The monoisotopic (exact) mass is 449 g/mol. The van der Waals surface area contributed by atoms with Crippen LogP contribution in [0.5, 0.6) is 0 Å². The third kappa shape index (κ3) is 5.59. The zero-order chi connectivity index (χ0) is 21.7. The number of hydrogen-bond acceptors (Lipinski definition) is 6. The Balaban J connectivity index is 1.64. The van der Waals surface area contributed by atoms with Gasteiger partial charge in [0, 0.05) is 22.4 Å². The van der Waals surface area contributed by atoms with Crippen LogP contribution in [0.4, 0.5) is 20.6 Å². The molecule has 158 valence electrons. The van der Waals surface area contributed by atoms with E-state index in [9.17, 15) is 14.0 Å². The normalized spacial score (nSPS) is 15.5. The van der Waals surface area contributed by atoms with Crippen LogP contribution in [0.25, 0.3) is 0 Å². The fourth-order valence-corrected chi connectivity index (χ4v) is 3.68. The van der Waals surface area contributed by atoms with E-state index in [1.165, 1.54) is 29.7 Å². The molecule has 1 aliphatic heterocycles. The number of carbonyl (C=O) groups excluding carboxylic acids is 2. The van der Waals surface area contributed by atoms with Crippen molar-refractivity contribution in [3.05, 3.63) is 48.3 Å². The quantitative estimate of drug-likeness (QED) is 0.303. The Morgan fingerprint density at radius 2 is 2.07 bits per heavy atom. The first-order valence-electron chi connectivity index (χ1n) is 8.93. The van der Waals surface area contributed by atoms with Crippen molar-refractivity contribution >= 4 is 52.5 Å². The van der Waals surface area contributed by atoms with Crippen LogP contribution in [0.3, 0.4) is 0 Å². The van der Waals surface area contributed by atoms with Gasteiger partial charge in [-0.25, -0.2) is 15.0 Å². The number of nitrogens with zero attached hydrogens (tertiary/aromatic N) is 1.